The lowest BCUT2D eigenvalue weighted by Crippen LogP contribution is -2.12. The van der Waals surface area contributed by atoms with Gasteiger partial charge >= 0.3 is 0 Å². The predicted molar refractivity (Wildman–Crippen MR) is 226 cm³/mol. The van der Waals surface area contributed by atoms with Crippen LogP contribution in [0.2, 0.25) is 0 Å². The highest BCUT2D eigenvalue weighted by Gasteiger charge is 2.28. The molecule has 1 heterocycles. The van der Waals surface area contributed by atoms with Crippen molar-refractivity contribution in [2.75, 3.05) is 4.90 Å². The fraction of sp³-hybridized carbons (Fsp3) is 0. The van der Waals surface area contributed by atoms with Crippen LogP contribution in [0.5, 0.6) is 11.5 Å². The molecule has 9 aromatic rings. The van der Waals surface area contributed by atoms with Gasteiger partial charge in [0, 0.05) is 38.9 Å². The van der Waals surface area contributed by atoms with Crippen LogP contribution in [0, 0.1) is 0 Å². The number of ether oxygens (including phenoxy) is 1. The zero-order chi connectivity index (χ0) is 35.8. The SMILES string of the molecule is c1ccc(-c2ccccc2-c2ccccc2N(c2ccccc2)c2cc3c(c4ccccc24)-c2cccc(-c4ccccc4)c2Oc2ccccc2-3)cc1. The molecule has 1 aliphatic rings. The van der Waals surface area contributed by atoms with Gasteiger partial charge in [-0.1, -0.05) is 182 Å². The van der Waals surface area contributed by atoms with Crippen molar-refractivity contribution in [1.82, 2.24) is 0 Å². The first kappa shape index (κ1) is 31.6. The Balaban J connectivity index is 1.28. The van der Waals surface area contributed by atoms with Crippen LogP contribution in [-0.4, -0.2) is 0 Å². The van der Waals surface area contributed by atoms with E-state index in [9.17, 15) is 0 Å². The van der Waals surface area contributed by atoms with E-state index in [1.165, 1.54) is 27.6 Å². The van der Waals surface area contributed by atoms with Crippen molar-refractivity contribution in [3.05, 3.63) is 212 Å². The Hall–Kier alpha value is -7.16. The Labute approximate surface area is 315 Å². The normalized spacial score (nSPS) is 11.5. The third-order valence-electron chi connectivity index (χ3n) is 10.5. The first-order valence-electron chi connectivity index (χ1n) is 18.4. The Bertz CT molecular complexity index is 2790. The second kappa shape index (κ2) is 13.4. The van der Waals surface area contributed by atoms with Gasteiger partial charge in [0.1, 0.15) is 11.5 Å². The number of para-hydroxylation sites is 4. The highest BCUT2D eigenvalue weighted by Crippen LogP contribution is 2.55. The molecule has 0 aliphatic carbocycles. The van der Waals surface area contributed by atoms with E-state index in [-0.39, 0.29) is 0 Å². The molecule has 0 saturated carbocycles. The molecule has 2 heteroatoms. The van der Waals surface area contributed by atoms with Gasteiger partial charge in [-0.15, -0.1) is 0 Å². The summed E-state index contributed by atoms with van der Waals surface area (Å²) in [5.41, 5.74) is 14.6. The Morgan fingerprint density at radius 1 is 0.315 bits per heavy atom. The molecule has 0 aromatic heterocycles. The molecule has 10 rings (SSSR count). The van der Waals surface area contributed by atoms with E-state index < -0.39 is 0 Å². The average Bonchev–Trinajstić information content (AvgIpc) is 3.39. The van der Waals surface area contributed by atoms with Crippen molar-refractivity contribution in [3.63, 3.8) is 0 Å². The number of fused-ring (bicyclic) bond motifs is 7. The number of hydrogen-bond acceptors (Lipinski definition) is 2. The van der Waals surface area contributed by atoms with Crippen LogP contribution in [0.3, 0.4) is 0 Å². The second-order valence-corrected chi connectivity index (χ2v) is 13.6. The Morgan fingerprint density at radius 2 is 0.833 bits per heavy atom. The first-order chi connectivity index (χ1) is 26.8. The quantitative estimate of drug-likeness (QED) is 0.172. The van der Waals surface area contributed by atoms with Gasteiger partial charge in [-0.2, -0.15) is 0 Å². The molecule has 254 valence electrons. The number of rotatable bonds is 6. The molecule has 0 radical (unpaired) electrons. The molecule has 0 unspecified atom stereocenters. The third kappa shape index (κ3) is 5.36. The van der Waals surface area contributed by atoms with E-state index in [2.05, 4.69) is 217 Å². The van der Waals surface area contributed by atoms with Gasteiger partial charge in [-0.05, 0) is 63.5 Å². The molecule has 9 aromatic carbocycles. The summed E-state index contributed by atoms with van der Waals surface area (Å²) >= 11 is 0. The smallest absolute Gasteiger partial charge is 0.143 e. The van der Waals surface area contributed by atoms with E-state index in [1.807, 2.05) is 0 Å². The summed E-state index contributed by atoms with van der Waals surface area (Å²) in [5, 5.41) is 2.32. The van der Waals surface area contributed by atoms with Crippen molar-refractivity contribution in [2.24, 2.45) is 0 Å². The van der Waals surface area contributed by atoms with E-state index in [0.29, 0.717) is 0 Å². The zero-order valence-electron chi connectivity index (χ0n) is 29.6. The molecule has 2 nitrogen and oxygen atoms in total. The molecule has 0 bridgehead atoms. The summed E-state index contributed by atoms with van der Waals surface area (Å²) in [6, 6.07) is 75.7. The van der Waals surface area contributed by atoms with Crippen LogP contribution in [-0.2, 0) is 0 Å². The minimum atomic E-state index is 0.838. The van der Waals surface area contributed by atoms with Gasteiger partial charge in [0.2, 0.25) is 0 Å². The molecule has 0 spiro atoms. The second-order valence-electron chi connectivity index (χ2n) is 13.6. The van der Waals surface area contributed by atoms with Gasteiger partial charge < -0.3 is 9.64 Å². The summed E-state index contributed by atoms with van der Waals surface area (Å²) in [5.74, 6) is 1.71. The number of benzene rings is 9. The number of hydrogen-bond donors (Lipinski definition) is 0. The Morgan fingerprint density at radius 3 is 1.57 bits per heavy atom. The molecule has 0 atom stereocenters. The molecule has 54 heavy (non-hydrogen) atoms. The summed E-state index contributed by atoms with van der Waals surface area (Å²) in [7, 11) is 0. The van der Waals surface area contributed by atoms with Gasteiger partial charge in [0.25, 0.3) is 0 Å². The van der Waals surface area contributed by atoms with Crippen LogP contribution < -0.4 is 9.64 Å². The highest BCUT2D eigenvalue weighted by molar-refractivity contribution is 6.14. The monoisotopic (exact) mass is 689 g/mol. The third-order valence-corrected chi connectivity index (χ3v) is 10.5. The van der Waals surface area contributed by atoms with Gasteiger partial charge in [-0.25, -0.2) is 0 Å². The standard InChI is InChI=1S/C52H35NO/c1-4-19-36(20-5-1)39-25-10-11-26-41(39)42-27-14-16-33-48(42)53(38-23-8-3-9-24-38)49-35-47-44-29-15-17-34-50(44)54-52-40(37-21-6-2-7-22-37)31-18-32-46(52)51(47)45-30-13-12-28-43(45)49/h1-35H. The molecular weight excluding hydrogens is 655 g/mol. The average molecular weight is 690 g/mol. The minimum absolute atomic E-state index is 0.838. The highest BCUT2D eigenvalue weighted by atomic mass is 16.5. The lowest BCUT2D eigenvalue weighted by atomic mass is 9.87. The van der Waals surface area contributed by atoms with Crippen molar-refractivity contribution < 1.29 is 4.74 Å². The lowest BCUT2D eigenvalue weighted by Gasteiger charge is -2.30. The van der Waals surface area contributed by atoms with Crippen molar-refractivity contribution in [1.29, 1.82) is 0 Å². The number of anilines is 3. The zero-order valence-corrected chi connectivity index (χ0v) is 29.6. The summed E-state index contributed by atoms with van der Waals surface area (Å²) in [6.45, 7) is 0. The van der Waals surface area contributed by atoms with Crippen LogP contribution in [0.25, 0.3) is 66.4 Å². The summed E-state index contributed by atoms with van der Waals surface area (Å²) in [6.07, 6.45) is 0. The largest absolute Gasteiger partial charge is 0.455 e. The summed E-state index contributed by atoms with van der Waals surface area (Å²) < 4.78 is 7.01. The predicted octanol–water partition coefficient (Wildman–Crippen LogP) is 14.8. The summed E-state index contributed by atoms with van der Waals surface area (Å²) in [4.78, 5) is 2.44. The minimum Gasteiger partial charge on any atom is -0.455 e. The molecule has 0 fully saturated rings. The molecular formula is C52H35NO. The van der Waals surface area contributed by atoms with Crippen molar-refractivity contribution in [2.45, 2.75) is 0 Å². The molecule has 1 aliphatic heterocycles. The number of nitrogens with zero attached hydrogens (tertiary/aromatic N) is 1. The van der Waals surface area contributed by atoms with Crippen molar-refractivity contribution in [3.8, 4) is 67.1 Å². The maximum atomic E-state index is 7.01. The van der Waals surface area contributed by atoms with E-state index in [1.54, 1.807) is 0 Å². The van der Waals surface area contributed by atoms with E-state index >= 15 is 0 Å². The van der Waals surface area contributed by atoms with Crippen molar-refractivity contribution >= 4 is 27.8 Å². The first-order valence-corrected chi connectivity index (χ1v) is 18.4. The van der Waals surface area contributed by atoms with Crippen LogP contribution >= 0.6 is 0 Å². The lowest BCUT2D eigenvalue weighted by molar-refractivity contribution is 0.489. The molecule has 0 amide bonds. The van der Waals surface area contributed by atoms with E-state index in [0.717, 1.165) is 67.3 Å². The van der Waals surface area contributed by atoms with Crippen LogP contribution in [0.4, 0.5) is 17.1 Å². The fourth-order valence-electron chi connectivity index (χ4n) is 8.09. The van der Waals surface area contributed by atoms with E-state index in [4.69, 9.17) is 4.74 Å². The molecule has 0 N–H and O–H groups in total. The van der Waals surface area contributed by atoms with Crippen LogP contribution in [0.15, 0.2) is 212 Å². The van der Waals surface area contributed by atoms with Gasteiger partial charge in [-0.3, -0.25) is 0 Å². The topological polar surface area (TPSA) is 12.5 Å². The van der Waals surface area contributed by atoms with Crippen LogP contribution in [0.1, 0.15) is 0 Å². The van der Waals surface area contributed by atoms with Gasteiger partial charge in [0.15, 0.2) is 0 Å². The maximum absolute atomic E-state index is 7.01. The maximum Gasteiger partial charge on any atom is 0.143 e. The molecule has 0 saturated heterocycles. The fourth-order valence-corrected chi connectivity index (χ4v) is 8.09. The van der Waals surface area contributed by atoms with Gasteiger partial charge in [0.05, 0.1) is 11.4 Å². The Kier molecular flexibility index (Phi) is 7.85.